The van der Waals surface area contributed by atoms with Crippen LogP contribution in [-0.4, -0.2) is 36.0 Å². The van der Waals surface area contributed by atoms with Crippen LogP contribution in [0.5, 0.6) is 0 Å². The van der Waals surface area contributed by atoms with Gasteiger partial charge in [0.25, 0.3) is 0 Å². The summed E-state index contributed by atoms with van der Waals surface area (Å²) in [5.74, 6) is 6.78. The molecule has 9 heteroatoms. The quantitative estimate of drug-likeness (QED) is 0.510. The molecule has 1 saturated heterocycles. The van der Waals surface area contributed by atoms with Crippen molar-refractivity contribution >= 4 is 27.6 Å². The maximum absolute atomic E-state index is 12.0. The normalized spacial score (nSPS) is 17.0. The van der Waals surface area contributed by atoms with E-state index in [0.717, 1.165) is 37.9 Å². The first-order valence-corrected chi connectivity index (χ1v) is 11.6. The third kappa shape index (κ3) is 6.34. The predicted molar refractivity (Wildman–Crippen MR) is 106 cm³/mol. The lowest BCUT2D eigenvalue weighted by molar-refractivity contribution is 0.579. The molecular weight excluding hydrogens is 372 g/mol. The smallest absolute Gasteiger partial charge is 0.350 e. The van der Waals surface area contributed by atoms with Gasteiger partial charge in [-0.2, -0.15) is 4.98 Å². The molecule has 3 N–H and O–H groups in total. The van der Waals surface area contributed by atoms with Crippen LogP contribution in [0.4, 0.5) is 5.82 Å². The molecule has 144 valence electrons. The van der Waals surface area contributed by atoms with Gasteiger partial charge in [0.05, 0.1) is 23.2 Å². The van der Waals surface area contributed by atoms with E-state index in [2.05, 4.69) is 28.5 Å². The summed E-state index contributed by atoms with van der Waals surface area (Å²) in [5.41, 5.74) is 5.85. The van der Waals surface area contributed by atoms with E-state index in [4.69, 9.17) is 5.73 Å². The zero-order chi connectivity index (χ0) is 19.0. The Labute approximate surface area is 159 Å². The second kappa shape index (κ2) is 10.00. The average molecular weight is 399 g/mol. The number of hydrogen-bond acceptors (Lipinski definition) is 6. The Balaban J connectivity index is 1.96. The molecule has 0 saturated carbocycles. The number of nitrogens with one attached hydrogen (secondary N) is 1. The number of nitrogens with zero attached hydrogens (tertiary/aromatic N) is 2. The third-order valence-electron chi connectivity index (χ3n) is 4.07. The number of anilines is 1. The van der Waals surface area contributed by atoms with Crippen LogP contribution >= 0.6 is 11.8 Å². The molecule has 0 bridgehead atoms. The van der Waals surface area contributed by atoms with E-state index in [-0.39, 0.29) is 29.2 Å². The van der Waals surface area contributed by atoms with Crippen LogP contribution in [0.25, 0.3) is 0 Å². The molecule has 1 atom stereocenters. The van der Waals surface area contributed by atoms with Crippen LogP contribution in [-0.2, 0) is 10.0 Å². The van der Waals surface area contributed by atoms with Crippen molar-refractivity contribution in [1.29, 1.82) is 0 Å². The van der Waals surface area contributed by atoms with Crippen molar-refractivity contribution in [2.24, 2.45) is 0 Å². The molecule has 1 aliphatic heterocycles. The minimum absolute atomic E-state index is 0.00680. The number of nitrogen functional groups attached to an aromatic ring is 1. The Morgan fingerprint density at radius 1 is 1.42 bits per heavy atom. The van der Waals surface area contributed by atoms with Crippen molar-refractivity contribution in [2.75, 3.05) is 23.8 Å². The third-order valence-corrected chi connectivity index (χ3v) is 6.85. The standard InChI is InChI=1S/C17H26N4O3S2/c1-2-3-4-5-12-26(23,24)19-10-6-8-14-13-21(15-9-7-11-25-15)17(22)20-16(14)18/h13,15,19H,2-5,7,9-12H2,1H3,(H2,18,20,22)/t15-/m0/s1. The van der Waals surface area contributed by atoms with Gasteiger partial charge in [-0.25, -0.2) is 17.9 Å². The Morgan fingerprint density at radius 3 is 2.92 bits per heavy atom. The van der Waals surface area contributed by atoms with Gasteiger partial charge in [-0.1, -0.05) is 38.0 Å². The van der Waals surface area contributed by atoms with Gasteiger partial charge in [0.1, 0.15) is 5.82 Å². The number of hydrogen-bond donors (Lipinski definition) is 2. The van der Waals surface area contributed by atoms with Crippen LogP contribution in [0.2, 0.25) is 0 Å². The Bertz CT molecular complexity index is 819. The van der Waals surface area contributed by atoms with E-state index in [1.807, 2.05) is 0 Å². The molecule has 1 aromatic heterocycles. The summed E-state index contributed by atoms with van der Waals surface area (Å²) in [7, 11) is -3.31. The zero-order valence-electron chi connectivity index (χ0n) is 15.0. The highest BCUT2D eigenvalue weighted by molar-refractivity contribution is 7.99. The first-order chi connectivity index (χ1) is 12.4. The SMILES string of the molecule is CCCCCCS(=O)(=O)NCC#Cc1cn([C@@H]2CCCS2)c(=O)nc1N. The summed E-state index contributed by atoms with van der Waals surface area (Å²) < 4.78 is 27.8. The van der Waals surface area contributed by atoms with Gasteiger partial charge in [-0.15, -0.1) is 11.8 Å². The summed E-state index contributed by atoms with van der Waals surface area (Å²) in [6, 6.07) is 0. The number of sulfonamides is 1. The molecule has 1 aromatic rings. The first kappa shape index (κ1) is 20.8. The van der Waals surface area contributed by atoms with Crippen molar-refractivity contribution in [3.8, 4) is 11.8 Å². The van der Waals surface area contributed by atoms with E-state index in [9.17, 15) is 13.2 Å². The van der Waals surface area contributed by atoms with E-state index in [1.54, 1.807) is 22.5 Å². The lowest BCUT2D eigenvalue weighted by Crippen LogP contribution is -2.27. The minimum Gasteiger partial charge on any atom is -0.382 e. The summed E-state index contributed by atoms with van der Waals surface area (Å²) in [4.78, 5) is 15.8. The highest BCUT2D eigenvalue weighted by Gasteiger charge is 2.19. The molecule has 1 fully saturated rings. The average Bonchev–Trinajstić information content (AvgIpc) is 3.11. The highest BCUT2D eigenvalue weighted by Crippen LogP contribution is 2.34. The van der Waals surface area contributed by atoms with Crippen molar-refractivity contribution < 1.29 is 8.42 Å². The number of nitrogens with two attached hydrogens (primary N) is 1. The molecule has 2 rings (SSSR count). The van der Waals surface area contributed by atoms with E-state index in [1.165, 1.54) is 0 Å². The molecular formula is C17H26N4O3S2. The molecule has 1 aliphatic rings. The second-order valence-electron chi connectivity index (χ2n) is 6.20. The monoisotopic (exact) mass is 398 g/mol. The van der Waals surface area contributed by atoms with Crippen LogP contribution in [0.15, 0.2) is 11.0 Å². The van der Waals surface area contributed by atoms with Crippen molar-refractivity contribution in [1.82, 2.24) is 14.3 Å². The Hall–Kier alpha value is -1.50. The summed E-state index contributed by atoms with van der Waals surface area (Å²) in [5, 5.41) is 0.0674. The number of rotatable bonds is 8. The maximum atomic E-state index is 12.0. The van der Waals surface area contributed by atoms with Crippen LogP contribution < -0.4 is 16.1 Å². The molecule has 0 aromatic carbocycles. The summed E-state index contributed by atoms with van der Waals surface area (Å²) in [6.45, 7) is 2.09. The molecule has 0 radical (unpaired) electrons. The van der Waals surface area contributed by atoms with Gasteiger partial charge < -0.3 is 5.73 Å². The van der Waals surface area contributed by atoms with E-state index >= 15 is 0 Å². The van der Waals surface area contributed by atoms with Crippen molar-refractivity contribution in [3.05, 3.63) is 22.2 Å². The Kier molecular flexibility index (Phi) is 8.00. The number of aromatic nitrogens is 2. The lowest BCUT2D eigenvalue weighted by Gasteiger charge is -2.12. The second-order valence-corrected chi connectivity index (χ2v) is 9.41. The van der Waals surface area contributed by atoms with Crippen LogP contribution in [0.3, 0.4) is 0 Å². The van der Waals surface area contributed by atoms with Gasteiger partial charge in [0.2, 0.25) is 10.0 Å². The topological polar surface area (TPSA) is 107 Å². The number of thioether (sulfide) groups is 1. The molecule has 0 amide bonds. The van der Waals surface area contributed by atoms with Crippen molar-refractivity contribution in [3.63, 3.8) is 0 Å². The van der Waals surface area contributed by atoms with Gasteiger partial charge in [0.15, 0.2) is 0 Å². The maximum Gasteiger partial charge on any atom is 0.350 e. The minimum atomic E-state index is -3.31. The van der Waals surface area contributed by atoms with E-state index in [0.29, 0.717) is 12.0 Å². The molecule has 0 aliphatic carbocycles. The largest absolute Gasteiger partial charge is 0.382 e. The van der Waals surface area contributed by atoms with Gasteiger partial charge >= 0.3 is 5.69 Å². The summed E-state index contributed by atoms with van der Waals surface area (Å²) >= 11 is 1.71. The Morgan fingerprint density at radius 2 is 2.23 bits per heavy atom. The molecule has 26 heavy (non-hydrogen) atoms. The fraction of sp³-hybridized carbons (Fsp3) is 0.647. The van der Waals surface area contributed by atoms with Crippen LogP contribution in [0, 0.1) is 11.8 Å². The van der Waals surface area contributed by atoms with Gasteiger partial charge in [-0.05, 0) is 25.0 Å². The van der Waals surface area contributed by atoms with Crippen LogP contribution in [0.1, 0.15) is 56.4 Å². The zero-order valence-corrected chi connectivity index (χ0v) is 16.7. The fourth-order valence-electron chi connectivity index (χ4n) is 2.64. The summed E-state index contributed by atoms with van der Waals surface area (Å²) in [6.07, 6.45) is 7.27. The molecule has 2 heterocycles. The predicted octanol–water partition coefficient (Wildman–Crippen LogP) is 1.70. The highest BCUT2D eigenvalue weighted by atomic mass is 32.2. The van der Waals surface area contributed by atoms with Crippen molar-refractivity contribution in [2.45, 2.75) is 50.8 Å². The first-order valence-electron chi connectivity index (χ1n) is 8.89. The van der Waals surface area contributed by atoms with Gasteiger partial charge in [0, 0.05) is 6.20 Å². The van der Waals surface area contributed by atoms with Gasteiger partial charge in [-0.3, -0.25) is 4.57 Å². The molecule has 0 unspecified atom stereocenters. The molecule has 0 spiro atoms. The van der Waals surface area contributed by atoms with E-state index < -0.39 is 10.0 Å². The molecule has 7 nitrogen and oxygen atoms in total. The number of unbranched alkanes of at least 4 members (excludes halogenated alkanes) is 3. The fourth-order valence-corrected chi connectivity index (χ4v) is 4.91. The lowest BCUT2D eigenvalue weighted by atomic mass is 10.2.